The van der Waals surface area contributed by atoms with Gasteiger partial charge in [0.2, 0.25) is 0 Å². The molecule has 1 aliphatic rings. The first kappa shape index (κ1) is 27.1. The van der Waals surface area contributed by atoms with E-state index in [1.165, 1.54) is 22.3 Å². The molecule has 37 heavy (non-hydrogen) atoms. The van der Waals surface area contributed by atoms with Gasteiger partial charge in [0.05, 0.1) is 5.60 Å². The number of rotatable bonds is 9. The lowest BCUT2D eigenvalue weighted by atomic mass is 9.67. The Morgan fingerprint density at radius 2 is 1.05 bits per heavy atom. The number of halogens is 1. The molecule has 0 aromatic heterocycles. The van der Waals surface area contributed by atoms with E-state index in [0.717, 1.165) is 45.3 Å². The summed E-state index contributed by atoms with van der Waals surface area (Å²) in [7, 11) is 1.89. The zero-order chi connectivity index (χ0) is 24.7. The highest BCUT2D eigenvalue weighted by atomic mass is 35.5. The van der Waals surface area contributed by atoms with Gasteiger partial charge in [0.1, 0.15) is 0 Å². The number of methoxy groups -OCH3 is 1. The fourth-order valence-electron chi connectivity index (χ4n) is 6.03. The average molecular weight is 512 g/mol. The normalized spacial score (nSPS) is 15.6. The van der Waals surface area contributed by atoms with E-state index in [-0.39, 0.29) is 23.4 Å². The Balaban J connectivity index is 0.00000320. The number of nitrogens with zero attached hydrogens (tertiary/aromatic N) is 1. The smallest absolute Gasteiger partial charge is 0.0743 e. The van der Waals surface area contributed by atoms with E-state index < -0.39 is 0 Å². The molecule has 4 aromatic carbocycles. The largest absolute Gasteiger partial charge is 0.378 e. The predicted octanol–water partition coefficient (Wildman–Crippen LogP) is 7.56. The quantitative estimate of drug-likeness (QED) is 0.215. The topological polar surface area (TPSA) is 12.5 Å². The molecule has 0 amide bonds. The third-order valence-corrected chi connectivity index (χ3v) is 8.17. The molecule has 5 rings (SSSR count). The Morgan fingerprint density at radius 3 is 1.46 bits per heavy atom. The first-order valence-corrected chi connectivity index (χ1v) is 13.2. The van der Waals surface area contributed by atoms with Gasteiger partial charge in [0, 0.05) is 32.0 Å². The highest BCUT2D eigenvalue weighted by molar-refractivity contribution is 5.85. The average Bonchev–Trinajstić information content (AvgIpc) is 2.96. The Morgan fingerprint density at radius 1 is 0.649 bits per heavy atom. The van der Waals surface area contributed by atoms with Crippen molar-refractivity contribution in [1.82, 2.24) is 4.90 Å². The van der Waals surface area contributed by atoms with Crippen molar-refractivity contribution in [1.29, 1.82) is 0 Å². The summed E-state index contributed by atoms with van der Waals surface area (Å²) >= 11 is 0. The molecule has 0 atom stereocenters. The number of likely N-dealkylation sites (tertiary alicyclic amines) is 1. The second kappa shape index (κ2) is 12.6. The molecule has 0 bridgehead atoms. The minimum Gasteiger partial charge on any atom is -0.378 e. The van der Waals surface area contributed by atoms with Crippen LogP contribution in [-0.4, -0.2) is 37.2 Å². The van der Waals surface area contributed by atoms with Gasteiger partial charge in [-0.1, -0.05) is 121 Å². The first-order chi connectivity index (χ1) is 17.7. The molecule has 1 saturated heterocycles. The first-order valence-electron chi connectivity index (χ1n) is 13.2. The zero-order valence-corrected chi connectivity index (χ0v) is 22.6. The molecule has 0 aliphatic carbocycles. The van der Waals surface area contributed by atoms with Gasteiger partial charge < -0.3 is 9.64 Å². The van der Waals surface area contributed by atoms with Crippen molar-refractivity contribution in [2.24, 2.45) is 0 Å². The Labute approximate surface area is 228 Å². The molecular formula is C34H38ClNO. The molecular weight excluding hydrogens is 474 g/mol. The molecule has 1 heterocycles. The molecule has 0 spiro atoms. The second-order valence-electron chi connectivity index (χ2n) is 10.1. The minimum atomic E-state index is -0.191. The van der Waals surface area contributed by atoms with E-state index in [1.807, 2.05) is 7.11 Å². The van der Waals surface area contributed by atoms with Gasteiger partial charge in [0.15, 0.2) is 0 Å². The highest BCUT2D eigenvalue weighted by Gasteiger charge is 2.38. The summed E-state index contributed by atoms with van der Waals surface area (Å²) in [6, 6.07) is 44.0. The van der Waals surface area contributed by atoms with Crippen molar-refractivity contribution < 1.29 is 4.74 Å². The number of hydrogen-bond donors (Lipinski definition) is 0. The van der Waals surface area contributed by atoms with Crippen molar-refractivity contribution in [2.45, 2.75) is 36.7 Å². The fraction of sp³-hybridized carbons (Fsp3) is 0.294. The maximum atomic E-state index is 6.16. The summed E-state index contributed by atoms with van der Waals surface area (Å²) < 4.78 is 6.16. The SMILES string of the molecule is COC1(Cc2ccccc2)CCN(CCC(c2ccccc2)(c2ccccc2)c2ccccc2)CC1.Cl. The number of benzene rings is 4. The van der Waals surface area contributed by atoms with E-state index in [9.17, 15) is 0 Å². The summed E-state index contributed by atoms with van der Waals surface area (Å²) in [6.07, 6.45) is 4.14. The molecule has 1 aliphatic heterocycles. The van der Waals surface area contributed by atoms with Crippen LogP contribution >= 0.6 is 12.4 Å². The monoisotopic (exact) mass is 511 g/mol. The fourth-order valence-corrected chi connectivity index (χ4v) is 6.03. The lowest BCUT2D eigenvalue weighted by molar-refractivity contribution is -0.0569. The van der Waals surface area contributed by atoms with Crippen LogP contribution in [0.25, 0.3) is 0 Å². The third-order valence-electron chi connectivity index (χ3n) is 8.17. The van der Waals surface area contributed by atoms with Crippen LogP contribution in [0.4, 0.5) is 0 Å². The van der Waals surface area contributed by atoms with E-state index in [1.54, 1.807) is 0 Å². The van der Waals surface area contributed by atoms with Crippen molar-refractivity contribution in [3.05, 3.63) is 144 Å². The summed E-state index contributed by atoms with van der Waals surface area (Å²) in [5.74, 6) is 0. The lowest BCUT2D eigenvalue weighted by Gasteiger charge is -2.43. The number of ether oxygens (including phenoxy) is 1. The molecule has 0 unspecified atom stereocenters. The zero-order valence-electron chi connectivity index (χ0n) is 21.8. The van der Waals surface area contributed by atoms with Gasteiger partial charge in [0.25, 0.3) is 0 Å². The molecule has 192 valence electrons. The molecule has 4 aromatic rings. The lowest BCUT2D eigenvalue weighted by Crippen LogP contribution is -2.48. The second-order valence-corrected chi connectivity index (χ2v) is 10.1. The van der Waals surface area contributed by atoms with Crippen molar-refractivity contribution >= 4 is 12.4 Å². The molecule has 2 nitrogen and oxygen atoms in total. The number of hydrogen-bond acceptors (Lipinski definition) is 2. The summed E-state index contributed by atoms with van der Waals surface area (Å²) in [5.41, 5.74) is 5.18. The van der Waals surface area contributed by atoms with Crippen LogP contribution in [0.15, 0.2) is 121 Å². The van der Waals surface area contributed by atoms with Crippen molar-refractivity contribution in [3.63, 3.8) is 0 Å². The van der Waals surface area contributed by atoms with E-state index in [0.29, 0.717) is 0 Å². The molecule has 0 N–H and O–H groups in total. The summed E-state index contributed by atoms with van der Waals surface area (Å²) in [6.45, 7) is 3.17. The summed E-state index contributed by atoms with van der Waals surface area (Å²) in [5, 5.41) is 0. The van der Waals surface area contributed by atoms with Crippen LogP contribution in [0, 0.1) is 0 Å². The maximum absolute atomic E-state index is 6.16. The number of piperidine rings is 1. The standard InChI is InChI=1S/C34H37NO.ClH/c1-36-33(28-29-14-6-2-7-15-29)22-25-35(26-23-33)27-24-34(30-16-8-3-9-17-30,31-18-10-4-11-19-31)32-20-12-5-13-21-32;/h2-21H,22-28H2,1H3;1H. The Bertz CT molecular complexity index is 1090. The van der Waals surface area contributed by atoms with Gasteiger partial charge >= 0.3 is 0 Å². The molecule has 0 saturated carbocycles. The van der Waals surface area contributed by atoms with E-state index in [2.05, 4.69) is 126 Å². The summed E-state index contributed by atoms with van der Waals surface area (Å²) in [4.78, 5) is 2.64. The van der Waals surface area contributed by atoms with Gasteiger partial charge in [-0.25, -0.2) is 0 Å². The predicted molar refractivity (Wildman–Crippen MR) is 157 cm³/mol. The van der Waals surface area contributed by atoms with Crippen LogP contribution in [0.1, 0.15) is 41.5 Å². The minimum absolute atomic E-state index is 0. The van der Waals surface area contributed by atoms with Crippen LogP contribution in [0.5, 0.6) is 0 Å². The van der Waals surface area contributed by atoms with Gasteiger partial charge in [-0.15, -0.1) is 12.4 Å². The third kappa shape index (κ3) is 5.99. The van der Waals surface area contributed by atoms with E-state index in [4.69, 9.17) is 4.74 Å². The molecule has 1 fully saturated rings. The Kier molecular flexibility index (Phi) is 9.21. The molecule has 0 radical (unpaired) electrons. The van der Waals surface area contributed by atoms with Crippen molar-refractivity contribution in [3.8, 4) is 0 Å². The Hall–Kier alpha value is -2.91. The van der Waals surface area contributed by atoms with Crippen LogP contribution < -0.4 is 0 Å². The van der Waals surface area contributed by atoms with Crippen LogP contribution in [0.3, 0.4) is 0 Å². The maximum Gasteiger partial charge on any atom is 0.0743 e. The van der Waals surface area contributed by atoms with Gasteiger partial charge in [-0.3, -0.25) is 0 Å². The molecule has 3 heteroatoms. The van der Waals surface area contributed by atoms with Crippen LogP contribution in [0.2, 0.25) is 0 Å². The highest BCUT2D eigenvalue weighted by Crippen LogP contribution is 2.42. The van der Waals surface area contributed by atoms with E-state index >= 15 is 0 Å². The van der Waals surface area contributed by atoms with Crippen LogP contribution in [-0.2, 0) is 16.6 Å². The van der Waals surface area contributed by atoms with Crippen molar-refractivity contribution in [2.75, 3.05) is 26.7 Å². The van der Waals surface area contributed by atoms with Gasteiger partial charge in [-0.05, 0) is 48.1 Å². The van der Waals surface area contributed by atoms with Gasteiger partial charge in [-0.2, -0.15) is 0 Å².